The molecule has 0 rings (SSSR count). The van der Waals surface area contributed by atoms with Gasteiger partial charge in [0.15, 0.2) is 0 Å². The minimum atomic E-state index is -0.258. The Bertz CT molecular complexity index is 363. The van der Waals surface area contributed by atoms with Crippen molar-refractivity contribution in [3.63, 3.8) is 0 Å². The third kappa shape index (κ3) is 27.4. The van der Waals surface area contributed by atoms with E-state index in [0.29, 0.717) is 6.42 Å². The molecule has 0 aromatic carbocycles. The molecule has 0 aromatic heterocycles. The predicted molar refractivity (Wildman–Crippen MR) is 139 cm³/mol. The van der Waals surface area contributed by atoms with Crippen molar-refractivity contribution in [2.75, 3.05) is 6.54 Å². The Hall–Kier alpha value is -0.610. The smallest absolute Gasteiger partial charge is 0.243 e. The first-order chi connectivity index (χ1) is 15.8. The van der Waals surface area contributed by atoms with Gasteiger partial charge in [-0.05, 0) is 19.4 Å². The highest BCUT2D eigenvalue weighted by Crippen LogP contribution is 2.15. The van der Waals surface area contributed by atoms with Gasteiger partial charge in [0.05, 0.1) is 0 Å². The number of nitrogens with two attached hydrogens (primary N) is 1. The van der Waals surface area contributed by atoms with E-state index in [1.807, 2.05) is 0 Å². The average molecular weight is 455 g/mol. The van der Waals surface area contributed by atoms with Crippen LogP contribution >= 0.6 is 0 Å². The number of hydroxylamine groups is 1. The molecule has 0 aromatic rings. The van der Waals surface area contributed by atoms with E-state index in [4.69, 9.17) is 10.9 Å². The second kappa shape index (κ2) is 28.4. The molecular weight excluding hydrogens is 396 g/mol. The van der Waals surface area contributed by atoms with Gasteiger partial charge in [-0.2, -0.15) is 0 Å². The van der Waals surface area contributed by atoms with Crippen molar-refractivity contribution >= 4 is 5.91 Å². The lowest BCUT2D eigenvalue weighted by Gasteiger charge is -2.04. The van der Waals surface area contributed by atoms with Crippen LogP contribution in [0.25, 0.3) is 0 Å². The first-order valence-corrected chi connectivity index (χ1v) is 14.4. The van der Waals surface area contributed by atoms with Crippen molar-refractivity contribution in [1.82, 2.24) is 5.48 Å². The summed E-state index contributed by atoms with van der Waals surface area (Å²) in [7, 11) is 0. The van der Waals surface area contributed by atoms with Crippen molar-refractivity contribution in [3.05, 3.63) is 0 Å². The van der Waals surface area contributed by atoms with Crippen LogP contribution in [-0.4, -0.2) is 17.7 Å². The summed E-state index contributed by atoms with van der Waals surface area (Å²) in [6, 6.07) is 0. The molecular formula is C28H58N2O2. The van der Waals surface area contributed by atoms with Gasteiger partial charge < -0.3 is 5.73 Å². The zero-order valence-corrected chi connectivity index (χ0v) is 21.5. The minimum Gasteiger partial charge on any atom is -0.330 e. The summed E-state index contributed by atoms with van der Waals surface area (Å²) in [6.45, 7) is 0.862. The maximum Gasteiger partial charge on any atom is 0.243 e. The molecule has 0 saturated carbocycles. The molecule has 0 saturated heterocycles. The molecule has 32 heavy (non-hydrogen) atoms. The summed E-state index contributed by atoms with van der Waals surface area (Å²) in [5.74, 6) is -0.258. The van der Waals surface area contributed by atoms with Crippen LogP contribution < -0.4 is 11.2 Å². The second-order valence-electron chi connectivity index (χ2n) is 9.91. The number of unbranched alkanes of at least 4 members (excludes halogenated alkanes) is 24. The molecule has 0 heterocycles. The highest BCUT2D eigenvalue weighted by atomic mass is 16.5. The van der Waals surface area contributed by atoms with Crippen LogP contribution in [0.4, 0.5) is 0 Å². The summed E-state index contributed by atoms with van der Waals surface area (Å²) < 4.78 is 0. The van der Waals surface area contributed by atoms with Gasteiger partial charge in [-0.15, -0.1) is 0 Å². The first kappa shape index (κ1) is 31.4. The molecule has 0 spiro atoms. The number of hydrogen-bond donors (Lipinski definition) is 3. The molecule has 4 N–H and O–H groups in total. The lowest BCUT2D eigenvalue weighted by atomic mass is 10.0. The number of rotatable bonds is 27. The van der Waals surface area contributed by atoms with Crippen LogP contribution in [0.3, 0.4) is 0 Å². The topological polar surface area (TPSA) is 75.4 Å². The van der Waals surface area contributed by atoms with E-state index >= 15 is 0 Å². The Morgan fingerprint density at radius 1 is 0.438 bits per heavy atom. The van der Waals surface area contributed by atoms with Crippen molar-refractivity contribution in [1.29, 1.82) is 0 Å². The zero-order valence-electron chi connectivity index (χ0n) is 21.5. The van der Waals surface area contributed by atoms with Crippen LogP contribution in [0.2, 0.25) is 0 Å². The van der Waals surface area contributed by atoms with E-state index in [2.05, 4.69) is 0 Å². The third-order valence-electron chi connectivity index (χ3n) is 6.73. The number of carbonyl (C=O) groups excluding carboxylic acids is 1. The minimum absolute atomic E-state index is 0.258. The Balaban J connectivity index is 3.02. The van der Waals surface area contributed by atoms with E-state index in [-0.39, 0.29) is 5.91 Å². The summed E-state index contributed by atoms with van der Waals surface area (Å²) in [5, 5.41) is 8.43. The molecule has 192 valence electrons. The van der Waals surface area contributed by atoms with E-state index < -0.39 is 0 Å². The summed E-state index contributed by atoms with van der Waals surface area (Å²) in [6.07, 6.45) is 34.5. The molecule has 0 aliphatic rings. The number of carbonyl (C=O) groups is 1. The standard InChI is InChI=1S/C28H58N2O2/c29-27-25-23-21-19-17-15-13-11-9-7-5-3-1-2-4-6-8-10-12-14-16-18-20-22-24-26-28(31)30-32/h32H,1-27,29H2,(H,30,31). The SMILES string of the molecule is NCCCCCCCCCCCCCCCCCCCCCCCCCCCC(=O)NO. The lowest BCUT2D eigenvalue weighted by molar-refractivity contribution is -0.129. The van der Waals surface area contributed by atoms with Crippen molar-refractivity contribution in [3.8, 4) is 0 Å². The van der Waals surface area contributed by atoms with Crippen LogP contribution in [0.1, 0.15) is 167 Å². The van der Waals surface area contributed by atoms with Gasteiger partial charge in [-0.3, -0.25) is 10.0 Å². The Labute approximate surface area is 200 Å². The largest absolute Gasteiger partial charge is 0.330 e. The Morgan fingerprint density at radius 2 is 0.656 bits per heavy atom. The molecule has 1 amide bonds. The van der Waals surface area contributed by atoms with E-state index in [1.165, 1.54) is 148 Å². The van der Waals surface area contributed by atoms with E-state index in [0.717, 1.165) is 19.4 Å². The van der Waals surface area contributed by atoms with Gasteiger partial charge in [0.1, 0.15) is 0 Å². The highest BCUT2D eigenvalue weighted by Gasteiger charge is 1.99. The van der Waals surface area contributed by atoms with Crippen LogP contribution in [0.5, 0.6) is 0 Å². The fraction of sp³-hybridized carbons (Fsp3) is 0.964. The molecule has 0 aliphatic heterocycles. The molecule has 0 radical (unpaired) electrons. The number of nitrogens with one attached hydrogen (secondary N) is 1. The average Bonchev–Trinajstić information content (AvgIpc) is 2.81. The summed E-state index contributed by atoms with van der Waals surface area (Å²) >= 11 is 0. The Morgan fingerprint density at radius 3 is 0.875 bits per heavy atom. The van der Waals surface area contributed by atoms with Crippen molar-refractivity contribution < 1.29 is 10.0 Å². The Kier molecular flexibility index (Phi) is 27.9. The first-order valence-electron chi connectivity index (χ1n) is 14.4. The number of amides is 1. The van der Waals surface area contributed by atoms with Gasteiger partial charge in [-0.1, -0.05) is 148 Å². The molecule has 0 fully saturated rings. The van der Waals surface area contributed by atoms with Crippen LogP contribution in [-0.2, 0) is 4.79 Å². The van der Waals surface area contributed by atoms with Gasteiger partial charge >= 0.3 is 0 Å². The molecule has 0 atom stereocenters. The molecule has 4 nitrogen and oxygen atoms in total. The number of hydrogen-bond acceptors (Lipinski definition) is 3. The van der Waals surface area contributed by atoms with Crippen LogP contribution in [0.15, 0.2) is 0 Å². The van der Waals surface area contributed by atoms with Crippen molar-refractivity contribution in [2.45, 2.75) is 167 Å². The predicted octanol–water partition coefficient (Wildman–Crippen LogP) is 8.59. The third-order valence-corrected chi connectivity index (χ3v) is 6.73. The fourth-order valence-corrected chi connectivity index (χ4v) is 4.55. The van der Waals surface area contributed by atoms with E-state index in [9.17, 15) is 4.79 Å². The summed E-state index contributed by atoms with van der Waals surface area (Å²) in [5.41, 5.74) is 7.22. The molecule has 4 heteroatoms. The van der Waals surface area contributed by atoms with Gasteiger partial charge in [0.2, 0.25) is 5.91 Å². The molecule has 0 bridgehead atoms. The van der Waals surface area contributed by atoms with Gasteiger partial charge in [0.25, 0.3) is 0 Å². The summed E-state index contributed by atoms with van der Waals surface area (Å²) in [4.78, 5) is 10.9. The lowest BCUT2D eigenvalue weighted by Crippen LogP contribution is -2.17. The zero-order chi connectivity index (χ0) is 23.4. The maximum absolute atomic E-state index is 10.9. The van der Waals surface area contributed by atoms with Crippen molar-refractivity contribution in [2.24, 2.45) is 5.73 Å². The molecule has 0 unspecified atom stereocenters. The quantitative estimate of drug-likeness (QED) is 0.0660. The highest BCUT2D eigenvalue weighted by molar-refractivity contribution is 5.74. The normalized spacial score (nSPS) is 11.2. The maximum atomic E-state index is 10.9. The second-order valence-corrected chi connectivity index (χ2v) is 9.91. The fourth-order valence-electron chi connectivity index (χ4n) is 4.55. The van der Waals surface area contributed by atoms with E-state index in [1.54, 1.807) is 5.48 Å². The van der Waals surface area contributed by atoms with Crippen LogP contribution in [0, 0.1) is 0 Å². The van der Waals surface area contributed by atoms with Gasteiger partial charge in [-0.25, -0.2) is 5.48 Å². The van der Waals surface area contributed by atoms with Gasteiger partial charge in [0, 0.05) is 6.42 Å². The molecule has 0 aliphatic carbocycles. The monoisotopic (exact) mass is 454 g/mol.